The molecule has 6 nitrogen and oxygen atoms in total. The van der Waals surface area contributed by atoms with Gasteiger partial charge >= 0.3 is 0 Å². The molecule has 0 unspecified atom stereocenters. The van der Waals surface area contributed by atoms with Gasteiger partial charge in [0.2, 0.25) is 0 Å². The topological polar surface area (TPSA) is 71.2 Å². The molecule has 0 spiro atoms. The minimum atomic E-state index is -0.423. The average molecular weight is 258 g/mol. The number of likely N-dealkylation sites (tertiary alicyclic amines) is 1. The Morgan fingerprint density at radius 1 is 1.32 bits per heavy atom. The van der Waals surface area contributed by atoms with Crippen molar-refractivity contribution in [3.63, 3.8) is 0 Å². The summed E-state index contributed by atoms with van der Waals surface area (Å²) in [6.07, 6.45) is 1.81. The number of aliphatic hydroxyl groups is 1. The summed E-state index contributed by atoms with van der Waals surface area (Å²) in [5, 5.41) is 17.3. The van der Waals surface area contributed by atoms with E-state index in [4.69, 9.17) is 0 Å². The van der Waals surface area contributed by atoms with Crippen molar-refractivity contribution in [2.45, 2.75) is 12.5 Å². The van der Waals surface area contributed by atoms with Crippen molar-refractivity contribution in [2.24, 2.45) is 0 Å². The summed E-state index contributed by atoms with van der Waals surface area (Å²) in [5.74, 6) is -0.182. The molecule has 6 heteroatoms. The first-order chi connectivity index (χ1) is 9.24. The number of aliphatic hydroxyl groups excluding tert-OH is 1. The van der Waals surface area contributed by atoms with Crippen LogP contribution in [0.3, 0.4) is 0 Å². The Morgan fingerprint density at radius 3 is 2.79 bits per heavy atom. The molecule has 0 aliphatic carbocycles. The number of hydrogen-bond donors (Lipinski definition) is 1. The standard InChI is InChI=1S/C13H14N4O2/c18-11-6-7-16(8-11)13(19)12-9-17(15-14-12)10-4-2-1-3-5-10/h1-5,9,11,18H,6-8H2/t11-/m0/s1. The summed E-state index contributed by atoms with van der Waals surface area (Å²) < 4.78 is 1.57. The van der Waals surface area contributed by atoms with E-state index < -0.39 is 6.10 Å². The average Bonchev–Trinajstić information content (AvgIpc) is 3.08. The molecule has 1 amide bonds. The quantitative estimate of drug-likeness (QED) is 0.850. The smallest absolute Gasteiger partial charge is 0.276 e. The van der Waals surface area contributed by atoms with Crippen LogP contribution in [0.1, 0.15) is 16.9 Å². The predicted molar refractivity (Wildman–Crippen MR) is 67.9 cm³/mol. The highest BCUT2D eigenvalue weighted by Gasteiger charge is 2.27. The van der Waals surface area contributed by atoms with Crippen LogP contribution in [0, 0.1) is 0 Å². The van der Waals surface area contributed by atoms with Gasteiger partial charge in [0.1, 0.15) is 0 Å². The highest BCUT2D eigenvalue weighted by molar-refractivity contribution is 5.92. The third-order valence-corrected chi connectivity index (χ3v) is 3.18. The zero-order valence-corrected chi connectivity index (χ0v) is 10.3. The van der Waals surface area contributed by atoms with E-state index in [-0.39, 0.29) is 5.91 Å². The third kappa shape index (κ3) is 2.34. The summed E-state index contributed by atoms with van der Waals surface area (Å²) in [6, 6.07) is 9.49. The number of benzene rings is 1. The molecular weight excluding hydrogens is 244 g/mol. The SMILES string of the molecule is O=C(c1cn(-c2ccccc2)nn1)N1CC[C@H](O)C1. The molecule has 1 aromatic carbocycles. The van der Waals surface area contributed by atoms with E-state index in [9.17, 15) is 9.90 Å². The summed E-state index contributed by atoms with van der Waals surface area (Å²) in [4.78, 5) is 13.7. The lowest BCUT2D eigenvalue weighted by molar-refractivity contribution is 0.0759. The molecule has 0 saturated carbocycles. The van der Waals surface area contributed by atoms with Gasteiger partial charge in [-0.05, 0) is 18.6 Å². The first-order valence-corrected chi connectivity index (χ1v) is 6.19. The molecule has 98 valence electrons. The lowest BCUT2D eigenvalue weighted by Gasteiger charge is -2.12. The first-order valence-electron chi connectivity index (χ1n) is 6.19. The Morgan fingerprint density at radius 2 is 2.11 bits per heavy atom. The highest BCUT2D eigenvalue weighted by atomic mass is 16.3. The molecule has 1 N–H and O–H groups in total. The lowest BCUT2D eigenvalue weighted by Crippen LogP contribution is -2.29. The Labute approximate surface area is 110 Å². The van der Waals surface area contributed by atoms with Gasteiger partial charge in [-0.1, -0.05) is 23.4 Å². The number of nitrogens with zero attached hydrogens (tertiary/aromatic N) is 4. The second-order valence-electron chi connectivity index (χ2n) is 4.58. The molecule has 2 aromatic rings. The summed E-state index contributed by atoms with van der Waals surface area (Å²) in [6.45, 7) is 0.940. The molecule has 3 rings (SSSR count). The van der Waals surface area contributed by atoms with E-state index in [2.05, 4.69) is 10.3 Å². The molecule has 1 aromatic heterocycles. The van der Waals surface area contributed by atoms with Gasteiger partial charge in [-0.3, -0.25) is 4.79 Å². The van der Waals surface area contributed by atoms with Gasteiger partial charge in [0.05, 0.1) is 18.0 Å². The Balaban J connectivity index is 1.80. The molecule has 2 heterocycles. The molecule has 1 saturated heterocycles. The second kappa shape index (κ2) is 4.81. The van der Waals surface area contributed by atoms with Crippen molar-refractivity contribution in [3.05, 3.63) is 42.2 Å². The number of carbonyl (C=O) groups excluding carboxylic acids is 1. The van der Waals surface area contributed by atoms with Gasteiger partial charge in [0, 0.05) is 13.1 Å². The fourth-order valence-corrected chi connectivity index (χ4v) is 2.16. The van der Waals surface area contributed by atoms with Crippen LogP contribution in [0.2, 0.25) is 0 Å². The van der Waals surface area contributed by atoms with Crippen molar-refractivity contribution in [2.75, 3.05) is 13.1 Å². The van der Waals surface area contributed by atoms with E-state index in [0.29, 0.717) is 25.2 Å². The van der Waals surface area contributed by atoms with E-state index in [0.717, 1.165) is 5.69 Å². The maximum Gasteiger partial charge on any atom is 0.276 e. The van der Waals surface area contributed by atoms with Crippen LogP contribution in [0.15, 0.2) is 36.5 Å². The maximum atomic E-state index is 12.1. The lowest BCUT2D eigenvalue weighted by atomic mass is 10.3. The van der Waals surface area contributed by atoms with E-state index >= 15 is 0 Å². The first kappa shape index (κ1) is 11.9. The Kier molecular flexibility index (Phi) is 3.00. The van der Waals surface area contributed by atoms with E-state index in [1.165, 1.54) is 0 Å². The molecular formula is C13H14N4O2. The van der Waals surface area contributed by atoms with Crippen LogP contribution in [-0.4, -0.2) is 50.1 Å². The summed E-state index contributed by atoms with van der Waals surface area (Å²) in [5.41, 5.74) is 1.16. The molecule has 0 radical (unpaired) electrons. The van der Waals surface area contributed by atoms with Crippen molar-refractivity contribution < 1.29 is 9.90 Å². The van der Waals surface area contributed by atoms with Gasteiger partial charge in [-0.2, -0.15) is 0 Å². The molecule has 1 atom stereocenters. The Bertz CT molecular complexity index is 581. The van der Waals surface area contributed by atoms with Crippen molar-refractivity contribution >= 4 is 5.91 Å². The van der Waals surface area contributed by atoms with Crippen molar-refractivity contribution in [1.82, 2.24) is 19.9 Å². The van der Waals surface area contributed by atoms with Crippen molar-refractivity contribution in [1.29, 1.82) is 0 Å². The third-order valence-electron chi connectivity index (χ3n) is 3.18. The van der Waals surface area contributed by atoms with Crippen LogP contribution in [0.5, 0.6) is 0 Å². The molecule has 0 bridgehead atoms. The number of aromatic nitrogens is 3. The zero-order valence-electron chi connectivity index (χ0n) is 10.3. The molecule has 1 aliphatic heterocycles. The summed E-state index contributed by atoms with van der Waals surface area (Å²) >= 11 is 0. The van der Waals surface area contributed by atoms with Crippen LogP contribution >= 0.6 is 0 Å². The number of hydrogen-bond acceptors (Lipinski definition) is 4. The van der Waals surface area contributed by atoms with Crippen molar-refractivity contribution in [3.8, 4) is 5.69 Å². The summed E-state index contributed by atoms with van der Waals surface area (Å²) in [7, 11) is 0. The monoisotopic (exact) mass is 258 g/mol. The number of amides is 1. The van der Waals surface area contributed by atoms with Gasteiger partial charge in [-0.15, -0.1) is 5.10 Å². The molecule has 19 heavy (non-hydrogen) atoms. The highest BCUT2D eigenvalue weighted by Crippen LogP contribution is 2.13. The second-order valence-corrected chi connectivity index (χ2v) is 4.58. The van der Waals surface area contributed by atoms with E-state index in [1.54, 1.807) is 15.8 Å². The van der Waals surface area contributed by atoms with Gasteiger partial charge in [0.25, 0.3) is 5.91 Å². The largest absolute Gasteiger partial charge is 0.391 e. The number of para-hydroxylation sites is 1. The number of β-amino-alcohol motifs (C(OH)–C–C–N with tert-alkyl or cyclic N) is 1. The molecule has 1 aliphatic rings. The number of rotatable bonds is 2. The minimum absolute atomic E-state index is 0.182. The fourth-order valence-electron chi connectivity index (χ4n) is 2.16. The zero-order chi connectivity index (χ0) is 13.2. The minimum Gasteiger partial charge on any atom is -0.391 e. The van der Waals surface area contributed by atoms with Gasteiger partial charge in [0.15, 0.2) is 5.69 Å². The van der Waals surface area contributed by atoms with Crippen LogP contribution in [0.4, 0.5) is 0 Å². The van der Waals surface area contributed by atoms with Crippen LogP contribution < -0.4 is 0 Å². The molecule has 1 fully saturated rings. The van der Waals surface area contributed by atoms with Gasteiger partial charge < -0.3 is 10.0 Å². The predicted octanol–water partition coefficient (Wildman–Crippen LogP) is 0.474. The normalized spacial score (nSPS) is 18.8. The van der Waals surface area contributed by atoms with Gasteiger partial charge in [-0.25, -0.2) is 4.68 Å². The van der Waals surface area contributed by atoms with E-state index in [1.807, 2.05) is 30.3 Å². The maximum absolute atomic E-state index is 12.1. The number of carbonyl (C=O) groups is 1. The van der Waals surface area contributed by atoms with Crippen LogP contribution in [0.25, 0.3) is 5.69 Å². The Hall–Kier alpha value is -2.21. The fraction of sp³-hybridized carbons (Fsp3) is 0.308. The van der Waals surface area contributed by atoms with Crippen LogP contribution in [-0.2, 0) is 0 Å².